The standard InChI is InChI=1S/C15H14N2O3/c1-10-8-12(2-3-13(10)15(19)20)17-14(18)9-11-4-6-16-7-5-11/h2-8H,9H2,1H3,(H,17,18)(H,19,20). The van der Waals surface area contributed by atoms with Crippen molar-refractivity contribution < 1.29 is 14.7 Å². The average Bonchev–Trinajstić information content (AvgIpc) is 2.39. The fraction of sp³-hybridized carbons (Fsp3) is 0.133. The summed E-state index contributed by atoms with van der Waals surface area (Å²) in [5.74, 6) is -1.13. The molecule has 0 atom stereocenters. The van der Waals surface area contributed by atoms with Crippen molar-refractivity contribution >= 4 is 17.6 Å². The summed E-state index contributed by atoms with van der Waals surface area (Å²) >= 11 is 0. The van der Waals surface area contributed by atoms with Crippen LogP contribution in [0.1, 0.15) is 21.5 Å². The maximum atomic E-state index is 11.9. The fourth-order valence-electron chi connectivity index (χ4n) is 1.87. The maximum absolute atomic E-state index is 11.9. The number of rotatable bonds is 4. The average molecular weight is 270 g/mol. The van der Waals surface area contributed by atoms with Crippen molar-refractivity contribution in [2.75, 3.05) is 5.32 Å². The van der Waals surface area contributed by atoms with Crippen LogP contribution in [0.4, 0.5) is 5.69 Å². The summed E-state index contributed by atoms with van der Waals surface area (Å²) in [4.78, 5) is 26.7. The van der Waals surface area contributed by atoms with Crippen LogP contribution in [0.25, 0.3) is 0 Å². The molecule has 0 aliphatic heterocycles. The molecule has 1 amide bonds. The second-order valence-electron chi connectivity index (χ2n) is 4.42. The molecule has 5 heteroatoms. The lowest BCUT2D eigenvalue weighted by atomic mass is 10.1. The summed E-state index contributed by atoms with van der Waals surface area (Å²) in [6.45, 7) is 1.70. The van der Waals surface area contributed by atoms with Crippen LogP contribution in [0.5, 0.6) is 0 Å². The number of aryl methyl sites for hydroxylation is 1. The van der Waals surface area contributed by atoms with E-state index in [1.807, 2.05) is 0 Å². The van der Waals surface area contributed by atoms with Crippen LogP contribution in [-0.4, -0.2) is 22.0 Å². The van der Waals surface area contributed by atoms with E-state index in [0.29, 0.717) is 11.3 Å². The Balaban J connectivity index is 2.05. The minimum Gasteiger partial charge on any atom is -0.478 e. The Labute approximate surface area is 116 Å². The molecule has 0 aliphatic rings. The number of carbonyl (C=O) groups excluding carboxylic acids is 1. The molecular formula is C15H14N2O3. The molecular weight excluding hydrogens is 256 g/mol. The minimum absolute atomic E-state index is 0.154. The first-order valence-electron chi connectivity index (χ1n) is 6.09. The van der Waals surface area contributed by atoms with Crippen molar-refractivity contribution in [3.63, 3.8) is 0 Å². The largest absolute Gasteiger partial charge is 0.478 e. The first-order valence-corrected chi connectivity index (χ1v) is 6.09. The van der Waals surface area contributed by atoms with Gasteiger partial charge in [-0.05, 0) is 48.4 Å². The van der Waals surface area contributed by atoms with Gasteiger partial charge in [-0.3, -0.25) is 9.78 Å². The normalized spacial score (nSPS) is 10.1. The van der Waals surface area contributed by atoms with Crippen molar-refractivity contribution in [1.82, 2.24) is 4.98 Å². The van der Waals surface area contributed by atoms with Crippen molar-refractivity contribution in [2.45, 2.75) is 13.3 Å². The Kier molecular flexibility index (Phi) is 4.10. The van der Waals surface area contributed by atoms with E-state index in [-0.39, 0.29) is 17.9 Å². The Morgan fingerprint density at radius 3 is 2.50 bits per heavy atom. The molecule has 102 valence electrons. The lowest BCUT2D eigenvalue weighted by Gasteiger charge is -2.07. The number of hydrogen-bond donors (Lipinski definition) is 2. The van der Waals surface area contributed by atoms with E-state index in [1.54, 1.807) is 43.6 Å². The summed E-state index contributed by atoms with van der Waals surface area (Å²) in [5.41, 5.74) is 2.30. The van der Waals surface area contributed by atoms with Gasteiger partial charge < -0.3 is 10.4 Å². The summed E-state index contributed by atoms with van der Waals surface area (Å²) in [6, 6.07) is 8.27. The van der Waals surface area contributed by atoms with Crippen LogP contribution < -0.4 is 5.32 Å². The molecule has 0 bridgehead atoms. The number of carboxylic acid groups (broad SMARTS) is 1. The third kappa shape index (κ3) is 3.41. The molecule has 0 saturated heterocycles. The molecule has 1 aromatic carbocycles. The van der Waals surface area contributed by atoms with Crippen LogP contribution in [0.2, 0.25) is 0 Å². The highest BCUT2D eigenvalue weighted by Gasteiger charge is 2.09. The van der Waals surface area contributed by atoms with Crippen LogP contribution >= 0.6 is 0 Å². The molecule has 5 nitrogen and oxygen atoms in total. The van der Waals surface area contributed by atoms with E-state index in [2.05, 4.69) is 10.3 Å². The van der Waals surface area contributed by atoms with E-state index in [1.165, 1.54) is 6.07 Å². The molecule has 1 heterocycles. The zero-order valence-electron chi connectivity index (χ0n) is 11.0. The molecule has 0 fully saturated rings. The number of hydrogen-bond acceptors (Lipinski definition) is 3. The van der Waals surface area contributed by atoms with Gasteiger partial charge in [0.2, 0.25) is 5.91 Å². The van der Waals surface area contributed by atoms with Crippen LogP contribution in [0.3, 0.4) is 0 Å². The molecule has 0 spiro atoms. The lowest BCUT2D eigenvalue weighted by Crippen LogP contribution is -2.14. The zero-order chi connectivity index (χ0) is 14.5. The third-order valence-electron chi connectivity index (χ3n) is 2.85. The van der Waals surface area contributed by atoms with Gasteiger partial charge >= 0.3 is 5.97 Å². The predicted molar refractivity (Wildman–Crippen MR) is 74.7 cm³/mol. The number of carboxylic acids is 1. The second-order valence-corrected chi connectivity index (χ2v) is 4.42. The first kappa shape index (κ1) is 13.7. The number of pyridine rings is 1. The van der Waals surface area contributed by atoms with Crippen LogP contribution in [0, 0.1) is 6.92 Å². The number of nitrogens with zero attached hydrogens (tertiary/aromatic N) is 1. The highest BCUT2D eigenvalue weighted by Crippen LogP contribution is 2.15. The van der Waals surface area contributed by atoms with Crippen LogP contribution in [-0.2, 0) is 11.2 Å². The van der Waals surface area contributed by atoms with Crippen molar-refractivity contribution in [2.24, 2.45) is 0 Å². The predicted octanol–water partition coefficient (Wildman–Crippen LogP) is 2.27. The third-order valence-corrected chi connectivity index (χ3v) is 2.85. The first-order chi connectivity index (χ1) is 9.56. The Bertz CT molecular complexity index is 639. The molecule has 2 rings (SSSR count). The summed E-state index contributed by atoms with van der Waals surface area (Å²) < 4.78 is 0. The highest BCUT2D eigenvalue weighted by atomic mass is 16.4. The molecule has 1 aromatic heterocycles. The van der Waals surface area contributed by atoms with E-state index in [0.717, 1.165) is 5.56 Å². The molecule has 2 aromatic rings. The Morgan fingerprint density at radius 1 is 1.20 bits per heavy atom. The monoisotopic (exact) mass is 270 g/mol. The smallest absolute Gasteiger partial charge is 0.335 e. The number of nitrogens with one attached hydrogen (secondary N) is 1. The number of anilines is 1. The van der Waals surface area contributed by atoms with Gasteiger partial charge in [0.15, 0.2) is 0 Å². The number of aromatic carboxylic acids is 1. The van der Waals surface area contributed by atoms with Gasteiger partial charge in [0.05, 0.1) is 12.0 Å². The van der Waals surface area contributed by atoms with Crippen molar-refractivity contribution in [1.29, 1.82) is 0 Å². The SMILES string of the molecule is Cc1cc(NC(=O)Cc2ccncc2)ccc1C(=O)O. The number of aromatic nitrogens is 1. The van der Waals surface area contributed by atoms with Gasteiger partial charge in [-0.15, -0.1) is 0 Å². The summed E-state index contributed by atoms with van der Waals surface area (Å²) in [7, 11) is 0. The zero-order valence-corrected chi connectivity index (χ0v) is 11.0. The minimum atomic E-state index is -0.975. The summed E-state index contributed by atoms with van der Waals surface area (Å²) in [5, 5.41) is 11.7. The van der Waals surface area contributed by atoms with Crippen LogP contribution in [0.15, 0.2) is 42.7 Å². The Morgan fingerprint density at radius 2 is 1.90 bits per heavy atom. The van der Waals surface area contributed by atoms with Gasteiger partial charge in [0.25, 0.3) is 0 Å². The van der Waals surface area contributed by atoms with Gasteiger partial charge in [0, 0.05) is 18.1 Å². The fourth-order valence-corrected chi connectivity index (χ4v) is 1.87. The maximum Gasteiger partial charge on any atom is 0.335 e. The topological polar surface area (TPSA) is 79.3 Å². The quantitative estimate of drug-likeness (QED) is 0.893. The van der Waals surface area contributed by atoms with E-state index >= 15 is 0 Å². The molecule has 2 N–H and O–H groups in total. The van der Waals surface area contributed by atoms with E-state index in [4.69, 9.17) is 5.11 Å². The van der Waals surface area contributed by atoms with Gasteiger partial charge in [-0.25, -0.2) is 4.79 Å². The number of benzene rings is 1. The van der Waals surface area contributed by atoms with E-state index < -0.39 is 5.97 Å². The van der Waals surface area contributed by atoms with Gasteiger partial charge in [0.1, 0.15) is 0 Å². The molecule has 0 saturated carbocycles. The second kappa shape index (κ2) is 5.97. The van der Waals surface area contributed by atoms with Crippen molar-refractivity contribution in [3.8, 4) is 0 Å². The highest BCUT2D eigenvalue weighted by molar-refractivity contribution is 5.94. The van der Waals surface area contributed by atoms with Crippen molar-refractivity contribution in [3.05, 3.63) is 59.4 Å². The van der Waals surface area contributed by atoms with Gasteiger partial charge in [-0.2, -0.15) is 0 Å². The number of amides is 1. The summed E-state index contributed by atoms with van der Waals surface area (Å²) in [6.07, 6.45) is 3.52. The lowest BCUT2D eigenvalue weighted by molar-refractivity contribution is -0.115. The molecule has 0 aliphatic carbocycles. The Hall–Kier alpha value is -2.69. The molecule has 0 unspecified atom stereocenters. The van der Waals surface area contributed by atoms with Gasteiger partial charge in [-0.1, -0.05) is 0 Å². The molecule has 20 heavy (non-hydrogen) atoms. The number of carbonyl (C=O) groups is 2. The van der Waals surface area contributed by atoms with E-state index in [9.17, 15) is 9.59 Å². The molecule has 0 radical (unpaired) electrons.